The van der Waals surface area contributed by atoms with E-state index in [0.29, 0.717) is 18.4 Å². The third-order valence-electron chi connectivity index (χ3n) is 4.08. The lowest BCUT2D eigenvalue weighted by molar-refractivity contribution is -0.206. The van der Waals surface area contributed by atoms with Crippen LogP contribution in [-0.2, 0) is 6.54 Å². The van der Waals surface area contributed by atoms with Gasteiger partial charge in [-0.25, -0.2) is 4.79 Å². The summed E-state index contributed by atoms with van der Waals surface area (Å²) in [6, 6.07) is 5.90. The van der Waals surface area contributed by atoms with E-state index in [1.165, 1.54) is 12.1 Å². The molecule has 2 N–H and O–H groups in total. The van der Waals surface area contributed by atoms with E-state index in [0.717, 1.165) is 6.42 Å². The van der Waals surface area contributed by atoms with E-state index in [1.54, 1.807) is 12.1 Å². The Bertz CT molecular complexity index is 491. The molecule has 0 radical (unpaired) electrons. The second-order valence-corrected chi connectivity index (χ2v) is 5.50. The van der Waals surface area contributed by atoms with Crippen molar-refractivity contribution in [3.05, 3.63) is 35.4 Å². The van der Waals surface area contributed by atoms with E-state index in [2.05, 4.69) is 5.32 Å². The van der Waals surface area contributed by atoms with Crippen molar-refractivity contribution < 1.29 is 23.1 Å². The topological polar surface area (TPSA) is 49.3 Å². The van der Waals surface area contributed by atoms with E-state index in [9.17, 15) is 18.0 Å². The zero-order valence-electron chi connectivity index (χ0n) is 11.5. The van der Waals surface area contributed by atoms with Gasteiger partial charge in [0.15, 0.2) is 0 Å². The highest BCUT2D eigenvalue weighted by Crippen LogP contribution is 2.41. The molecule has 3 nitrogen and oxygen atoms in total. The number of aromatic carboxylic acids is 1. The van der Waals surface area contributed by atoms with Crippen LogP contribution in [0.4, 0.5) is 13.2 Å². The van der Waals surface area contributed by atoms with Crippen molar-refractivity contribution in [2.24, 2.45) is 0 Å². The second kappa shape index (κ2) is 6.05. The molecule has 0 spiro atoms. The largest absolute Gasteiger partial charge is 0.478 e. The van der Waals surface area contributed by atoms with Gasteiger partial charge in [-0.05, 0) is 30.5 Å². The summed E-state index contributed by atoms with van der Waals surface area (Å²) in [6.45, 7) is 0.0827. The molecule has 1 fully saturated rings. The summed E-state index contributed by atoms with van der Waals surface area (Å²) in [7, 11) is 0. The van der Waals surface area contributed by atoms with Crippen LogP contribution in [0.5, 0.6) is 0 Å². The smallest absolute Gasteiger partial charge is 0.406 e. The maximum absolute atomic E-state index is 13.3. The van der Waals surface area contributed by atoms with E-state index in [-0.39, 0.29) is 24.9 Å². The zero-order chi connectivity index (χ0) is 15.5. The van der Waals surface area contributed by atoms with Crippen molar-refractivity contribution in [2.45, 2.75) is 50.4 Å². The van der Waals surface area contributed by atoms with Gasteiger partial charge in [0.2, 0.25) is 0 Å². The summed E-state index contributed by atoms with van der Waals surface area (Å²) in [5, 5.41) is 11.5. The van der Waals surface area contributed by atoms with Crippen LogP contribution >= 0.6 is 0 Å². The summed E-state index contributed by atoms with van der Waals surface area (Å²) in [5.74, 6) is -1.05. The summed E-state index contributed by atoms with van der Waals surface area (Å²) >= 11 is 0. The number of halogens is 3. The first-order valence-electron chi connectivity index (χ1n) is 6.98. The first kappa shape index (κ1) is 15.8. The highest BCUT2D eigenvalue weighted by Gasteiger charge is 2.54. The van der Waals surface area contributed by atoms with Gasteiger partial charge in [0, 0.05) is 6.54 Å². The van der Waals surface area contributed by atoms with Gasteiger partial charge in [-0.1, -0.05) is 31.4 Å². The molecule has 0 aromatic heterocycles. The molecule has 1 aliphatic carbocycles. The van der Waals surface area contributed by atoms with Gasteiger partial charge in [0.25, 0.3) is 0 Å². The van der Waals surface area contributed by atoms with Gasteiger partial charge < -0.3 is 5.11 Å². The summed E-state index contributed by atoms with van der Waals surface area (Å²) in [6.07, 6.45) is -2.08. The first-order chi connectivity index (χ1) is 9.84. The molecule has 1 aliphatic rings. The lowest BCUT2D eigenvalue weighted by Crippen LogP contribution is -2.57. The Balaban J connectivity index is 2.06. The number of hydrogen-bond donors (Lipinski definition) is 2. The van der Waals surface area contributed by atoms with E-state index in [1.807, 2.05) is 0 Å². The third-order valence-corrected chi connectivity index (χ3v) is 4.08. The summed E-state index contributed by atoms with van der Waals surface area (Å²) < 4.78 is 40.0. The standard InChI is InChI=1S/C15H18F3NO2/c16-15(17,18)14(8-2-1-3-9-14)19-10-11-4-6-12(7-5-11)13(20)21/h4-7,19H,1-3,8-10H2,(H,20,21). The highest BCUT2D eigenvalue weighted by molar-refractivity contribution is 5.87. The van der Waals surface area contributed by atoms with Crippen LogP contribution in [0, 0.1) is 0 Å². The minimum absolute atomic E-state index is 0.0827. The van der Waals surface area contributed by atoms with Gasteiger partial charge in [-0.3, -0.25) is 5.32 Å². The van der Waals surface area contributed by atoms with Crippen LogP contribution in [0.15, 0.2) is 24.3 Å². The molecule has 0 unspecified atom stereocenters. The SMILES string of the molecule is O=C(O)c1ccc(CNC2(C(F)(F)F)CCCCC2)cc1. The predicted molar refractivity (Wildman–Crippen MR) is 72.1 cm³/mol. The number of carbonyl (C=O) groups is 1. The summed E-state index contributed by atoms with van der Waals surface area (Å²) in [5.41, 5.74) is -1.03. The quantitative estimate of drug-likeness (QED) is 0.890. The Labute approximate surface area is 121 Å². The van der Waals surface area contributed by atoms with E-state index >= 15 is 0 Å². The fourth-order valence-electron chi connectivity index (χ4n) is 2.75. The van der Waals surface area contributed by atoms with Crippen molar-refractivity contribution >= 4 is 5.97 Å². The number of carboxylic acids is 1. The molecule has 0 bridgehead atoms. The molecule has 1 saturated carbocycles. The van der Waals surface area contributed by atoms with Crippen LogP contribution < -0.4 is 5.32 Å². The van der Waals surface area contributed by atoms with Crippen molar-refractivity contribution in [3.8, 4) is 0 Å². The normalized spacial score (nSPS) is 18.4. The van der Waals surface area contributed by atoms with Crippen LogP contribution in [0.25, 0.3) is 0 Å². The molecule has 21 heavy (non-hydrogen) atoms. The molecule has 0 saturated heterocycles. The molecule has 0 atom stereocenters. The van der Waals surface area contributed by atoms with Crippen molar-refractivity contribution in [3.63, 3.8) is 0 Å². The molecule has 2 rings (SSSR count). The minimum Gasteiger partial charge on any atom is -0.478 e. The average molecular weight is 301 g/mol. The Kier molecular flexibility index (Phi) is 4.56. The Morgan fingerprint density at radius 1 is 1.14 bits per heavy atom. The molecular formula is C15H18F3NO2. The molecule has 6 heteroatoms. The fraction of sp³-hybridized carbons (Fsp3) is 0.533. The molecule has 0 aliphatic heterocycles. The zero-order valence-corrected chi connectivity index (χ0v) is 11.5. The summed E-state index contributed by atoms with van der Waals surface area (Å²) in [4.78, 5) is 10.7. The van der Waals surface area contributed by atoms with Gasteiger partial charge in [0.05, 0.1) is 5.56 Å². The van der Waals surface area contributed by atoms with Crippen LogP contribution in [0.3, 0.4) is 0 Å². The average Bonchev–Trinajstić information content (AvgIpc) is 2.45. The number of hydrogen-bond acceptors (Lipinski definition) is 2. The van der Waals surface area contributed by atoms with Crippen LogP contribution in [-0.4, -0.2) is 22.8 Å². The first-order valence-corrected chi connectivity index (χ1v) is 6.98. The molecule has 1 aromatic rings. The fourth-order valence-corrected chi connectivity index (χ4v) is 2.75. The van der Waals surface area contributed by atoms with Crippen molar-refractivity contribution in [1.29, 1.82) is 0 Å². The second-order valence-electron chi connectivity index (χ2n) is 5.50. The van der Waals surface area contributed by atoms with Gasteiger partial charge >= 0.3 is 12.1 Å². The van der Waals surface area contributed by atoms with Crippen LogP contribution in [0.2, 0.25) is 0 Å². The number of nitrogens with one attached hydrogen (secondary N) is 1. The maximum atomic E-state index is 13.3. The Morgan fingerprint density at radius 2 is 1.71 bits per heavy atom. The monoisotopic (exact) mass is 301 g/mol. The predicted octanol–water partition coefficient (Wildman–Crippen LogP) is 3.74. The number of rotatable bonds is 4. The van der Waals surface area contributed by atoms with Gasteiger partial charge in [0.1, 0.15) is 5.54 Å². The molecule has 1 aromatic carbocycles. The molecular weight excluding hydrogens is 283 g/mol. The van der Waals surface area contributed by atoms with Gasteiger partial charge in [-0.15, -0.1) is 0 Å². The lowest BCUT2D eigenvalue weighted by atomic mass is 9.81. The molecule has 116 valence electrons. The molecule has 0 heterocycles. The Morgan fingerprint density at radius 3 is 2.19 bits per heavy atom. The third kappa shape index (κ3) is 3.56. The van der Waals surface area contributed by atoms with Gasteiger partial charge in [-0.2, -0.15) is 13.2 Å². The van der Waals surface area contributed by atoms with Crippen LogP contribution in [0.1, 0.15) is 48.0 Å². The molecule has 0 amide bonds. The number of alkyl halides is 3. The number of carboxylic acid groups (broad SMARTS) is 1. The highest BCUT2D eigenvalue weighted by atomic mass is 19.4. The van der Waals surface area contributed by atoms with E-state index in [4.69, 9.17) is 5.11 Å². The Hall–Kier alpha value is -1.56. The number of benzene rings is 1. The minimum atomic E-state index is -4.27. The van der Waals surface area contributed by atoms with Crippen molar-refractivity contribution in [2.75, 3.05) is 0 Å². The maximum Gasteiger partial charge on any atom is 0.406 e. The lowest BCUT2D eigenvalue weighted by Gasteiger charge is -2.39. The van der Waals surface area contributed by atoms with E-state index < -0.39 is 17.7 Å². The van der Waals surface area contributed by atoms with Crippen molar-refractivity contribution in [1.82, 2.24) is 5.32 Å².